The van der Waals surface area contributed by atoms with Crippen LogP contribution in [0.5, 0.6) is 0 Å². The monoisotopic (exact) mass is 311 g/mol. The van der Waals surface area contributed by atoms with Crippen LogP contribution in [0.1, 0.15) is 34.3 Å². The van der Waals surface area contributed by atoms with Gasteiger partial charge in [-0.3, -0.25) is 4.79 Å². The molecule has 20 heavy (non-hydrogen) atoms. The first-order chi connectivity index (χ1) is 9.61. The van der Waals surface area contributed by atoms with Crippen molar-refractivity contribution in [2.24, 2.45) is 5.92 Å². The molecule has 2 unspecified atom stereocenters. The summed E-state index contributed by atoms with van der Waals surface area (Å²) in [5.74, 6) is -0.00183. The van der Waals surface area contributed by atoms with Crippen LogP contribution in [-0.4, -0.2) is 39.1 Å². The molecule has 1 aromatic heterocycles. The molecule has 2 heterocycles. The molecule has 2 fully saturated rings. The lowest BCUT2D eigenvalue weighted by Crippen LogP contribution is -2.46. The van der Waals surface area contributed by atoms with Crippen molar-refractivity contribution in [2.75, 3.05) is 5.75 Å². The maximum atomic E-state index is 12.7. The Balaban J connectivity index is 1.86. The molecule has 0 aromatic carbocycles. The van der Waals surface area contributed by atoms with Crippen LogP contribution < -0.4 is 0 Å². The van der Waals surface area contributed by atoms with Crippen LogP contribution in [0.2, 0.25) is 0 Å². The van der Waals surface area contributed by atoms with Gasteiger partial charge in [-0.15, -0.1) is 23.1 Å². The van der Waals surface area contributed by atoms with Crippen molar-refractivity contribution in [1.82, 2.24) is 4.90 Å². The number of carboxylic acids is 1. The first-order valence-corrected chi connectivity index (χ1v) is 8.74. The van der Waals surface area contributed by atoms with Gasteiger partial charge in [0.2, 0.25) is 0 Å². The topological polar surface area (TPSA) is 57.6 Å². The van der Waals surface area contributed by atoms with Crippen molar-refractivity contribution in [2.45, 2.75) is 37.6 Å². The number of carboxylic acid groups (broad SMARTS) is 1. The van der Waals surface area contributed by atoms with Gasteiger partial charge in [-0.1, -0.05) is 6.92 Å². The minimum absolute atomic E-state index is 0.0516. The fourth-order valence-corrected chi connectivity index (χ4v) is 5.05. The quantitative estimate of drug-likeness (QED) is 0.929. The Morgan fingerprint density at radius 1 is 1.40 bits per heavy atom. The average molecular weight is 311 g/mol. The molecule has 1 aliphatic carbocycles. The van der Waals surface area contributed by atoms with Crippen molar-refractivity contribution >= 4 is 35.0 Å². The van der Waals surface area contributed by atoms with Crippen molar-refractivity contribution < 1.29 is 14.7 Å². The Hall–Kier alpha value is -1.01. The molecule has 0 spiro atoms. The Kier molecular flexibility index (Phi) is 3.77. The van der Waals surface area contributed by atoms with Gasteiger partial charge < -0.3 is 10.0 Å². The Bertz CT molecular complexity index is 538. The number of hydrogen-bond acceptors (Lipinski definition) is 4. The average Bonchev–Trinajstić information content (AvgIpc) is 3.02. The maximum Gasteiger partial charge on any atom is 0.327 e. The van der Waals surface area contributed by atoms with Gasteiger partial charge in [-0.05, 0) is 37.3 Å². The summed E-state index contributed by atoms with van der Waals surface area (Å²) in [6.07, 6.45) is 3.12. The molecule has 0 radical (unpaired) electrons. The van der Waals surface area contributed by atoms with Gasteiger partial charge in [0.15, 0.2) is 0 Å². The largest absolute Gasteiger partial charge is 0.480 e. The molecular formula is C14H17NO3S2. The van der Waals surface area contributed by atoms with Gasteiger partial charge in [-0.25, -0.2) is 4.79 Å². The first-order valence-electron chi connectivity index (χ1n) is 6.87. The number of carbonyl (C=O) groups is 2. The number of aliphatic carboxylic acids is 1. The van der Waals surface area contributed by atoms with Crippen LogP contribution in [-0.2, 0) is 11.2 Å². The van der Waals surface area contributed by atoms with E-state index in [4.69, 9.17) is 0 Å². The summed E-state index contributed by atoms with van der Waals surface area (Å²) in [5, 5.41) is 9.40. The smallest absolute Gasteiger partial charge is 0.327 e. The summed E-state index contributed by atoms with van der Waals surface area (Å²) in [5.41, 5.74) is 0. The zero-order valence-electron chi connectivity index (χ0n) is 11.2. The number of carbonyl (C=O) groups excluding carboxylic acids is 1. The highest BCUT2D eigenvalue weighted by atomic mass is 32.2. The van der Waals surface area contributed by atoms with E-state index in [0.29, 0.717) is 16.5 Å². The van der Waals surface area contributed by atoms with Gasteiger partial charge in [0.1, 0.15) is 6.04 Å². The molecule has 1 N–H and O–H groups in total. The van der Waals surface area contributed by atoms with Crippen molar-refractivity contribution in [3.05, 3.63) is 21.9 Å². The van der Waals surface area contributed by atoms with Gasteiger partial charge in [0.25, 0.3) is 5.91 Å². The second-order valence-electron chi connectivity index (χ2n) is 5.25. The first kappa shape index (κ1) is 13.9. The highest BCUT2D eigenvalue weighted by molar-refractivity contribution is 8.00. The van der Waals surface area contributed by atoms with E-state index in [1.807, 2.05) is 12.1 Å². The van der Waals surface area contributed by atoms with E-state index in [1.54, 1.807) is 16.7 Å². The molecule has 1 amide bonds. The molecular weight excluding hydrogens is 294 g/mol. The van der Waals surface area contributed by atoms with Crippen LogP contribution in [0.4, 0.5) is 0 Å². The molecule has 2 aliphatic rings. The van der Waals surface area contributed by atoms with Crippen molar-refractivity contribution in [1.29, 1.82) is 0 Å². The molecule has 3 rings (SSSR count). The van der Waals surface area contributed by atoms with Crippen LogP contribution >= 0.6 is 23.1 Å². The standard InChI is InChI=1S/C14H17NO3S2/c1-2-9-5-6-11(20-9)12(16)15-10(14(17)18)7-19-13(15)8-3-4-8/h5-6,8,10,13H,2-4,7H2,1H3,(H,17,18). The molecule has 1 saturated carbocycles. The van der Waals surface area contributed by atoms with Crippen molar-refractivity contribution in [3.8, 4) is 0 Å². The summed E-state index contributed by atoms with van der Waals surface area (Å²) in [6.45, 7) is 2.05. The summed E-state index contributed by atoms with van der Waals surface area (Å²) in [6, 6.07) is 3.12. The number of aryl methyl sites for hydroxylation is 1. The number of rotatable bonds is 4. The number of thioether (sulfide) groups is 1. The highest BCUT2D eigenvalue weighted by Crippen LogP contribution is 2.46. The Morgan fingerprint density at radius 2 is 2.15 bits per heavy atom. The van der Waals surface area contributed by atoms with Crippen LogP contribution in [0.25, 0.3) is 0 Å². The number of hydrogen-bond donors (Lipinski definition) is 1. The van der Waals surface area contributed by atoms with Gasteiger partial charge in [-0.2, -0.15) is 0 Å². The van der Waals surface area contributed by atoms with E-state index >= 15 is 0 Å². The predicted octanol–water partition coefficient (Wildman–Crippen LogP) is 2.69. The molecule has 2 atom stereocenters. The zero-order valence-corrected chi connectivity index (χ0v) is 12.9. The third kappa shape index (κ3) is 2.46. The zero-order chi connectivity index (χ0) is 14.3. The minimum Gasteiger partial charge on any atom is -0.480 e. The molecule has 1 aliphatic heterocycles. The van der Waals surface area contributed by atoms with E-state index in [1.165, 1.54) is 11.3 Å². The summed E-state index contributed by atoms with van der Waals surface area (Å²) in [4.78, 5) is 27.5. The lowest BCUT2D eigenvalue weighted by molar-refractivity contribution is -0.141. The van der Waals surface area contributed by atoms with E-state index < -0.39 is 12.0 Å². The maximum absolute atomic E-state index is 12.7. The summed E-state index contributed by atoms with van der Waals surface area (Å²) in [7, 11) is 0. The Morgan fingerprint density at radius 3 is 2.70 bits per heavy atom. The second kappa shape index (κ2) is 5.41. The van der Waals surface area contributed by atoms with Crippen molar-refractivity contribution in [3.63, 3.8) is 0 Å². The molecule has 4 nitrogen and oxygen atoms in total. The fourth-order valence-electron chi connectivity index (χ4n) is 2.53. The van der Waals surface area contributed by atoms with Crippen LogP contribution in [0.15, 0.2) is 12.1 Å². The SMILES string of the molecule is CCc1ccc(C(=O)N2C(C(=O)O)CSC2C2CC2)s1. The highest BCUT2D eigenvalue weighted by Gasteiger charge is 2.48. The van der Waals surface area contributed by atoms with Gasteiger partial charge in [0.05, 0.1) is 10.3 Å². The molecule has 1 saturated heterocycles. The molecule has 1 aromatic rings. The predicted molar refractivity (Wildman–Crippen MR) is 80.3 cm³/mol. The lowest BCUT2D eigenvalue weighted by Gasteiger charge is -2.26. The molecule has 6 heteroatoms. The third-order valence-corrected chi connectivity index (χ3v) is 6.48. The minimum atomic E-state index is -0.888. The van der Waals surface area contributed by atoms with Crippen LogP contribution in [0, 0.1) is 5.92 Å². The number of amides is 1. The lowest BCUT2D eigenvalue weighted by atomic mass is 10.2. The van der Waals surface area contributed by atoms with Gasteiger partial charge in [0, 0.05) is 10.6 Å². The third-order valence-electron chi connectivity index (χ3n) is 3.80. The van der Waals surface area contributed by atoms with Gasteiger partial charge >= 0.3 is 5.97 Å². The normalized spacial score (nSPS) is 25.9. The van der Waals surface area contributed by atoms with E-state index in [0.717, 1.165) is 24.1 Å². The summed E-state index contributed by atoms with van der Waals surface area (Å²) >= 11 is 3.10. The summed E-state index contributed by atoms with van der Waals surface area (Å²) < 4.78 is 0. The Labute approximate surface area is 126 Å². The molecule has 0 bridgehead atoms. The number of nitrogens with zero attached hydrogens (tertiary/aromatic N) is 1. The van der Waals surface area contributed by atoms with E-state index in [2.05, 4.69) is 6.92 Å². The van der Waals surface area contributed by atoms with Crippen LogP contribution in [0.3, 0.4) is 0 Å². The second-order valence-corrected chi connectivity index (χ2v) is 7.57. The molecule has 108 valence electrons. The fraction of sp³-hybridized carbons (Fsp3) is 0.571. The van der Waals surface area contributed by atoms with E-state index in [9.17, 15) is 14.7 Å². The number of thiophene rings is 1. The van der Waals surface area contributed by atoms with E-state index in [-0.39, 0.29) is 11.3 Å².